The van der Waals surface area contributed by atoms with Crippen LogP contribution >= 0.6 is 0 Å². The Morgan fingerprint density at radius 3 is 2.40 bits per heavy atom. The van der Waals surface area contributed by atoms with Gasteiger partial charge in [0.2, 0.25) is 0 Å². The van der Waals surface area contributed by atoms with Crippen molar-refractivity contribution in [3.8, 4) is 0 Å². The Labute approximate surface area is 122 Å². The van der Waals surface area contributed by atoms with Gasteiger partial charge >= 0.3 is 0 Å². The smallest absolute Gasteiger partial charge is 0.253 e. The number of likely N-dealkylation sites (N-methyl/N-ethyl adjacent to an activating group) is 1. The zero-order chi connectivity index (χ0) is 14.5. The molecular weight excluding hydrogens is 248 g/mol. The SMILES string of the molecule is CCC(CC)c1cccc(C(=O)N2CCN(C)CC2)c1. The number of carbonyl (C=O) groups is 1. The first-order valence-electron chi connectivity index (χ1n) is 7.73. The Hall–Kier alpha value is -1.35. The zero-order valence-electron chi connectivity index (χ0n) is 12.9. The number of rotatable bonds is 4. The first-order chi connectivity index (χ1) is 9.65. The summed E-state index contributed by atoms with van der Waals surface area (Å²) in [6.45, 7) is 8.04. The Morgan fingerprint density at radius 2 is 1.80 bits per heavy atom. The number of piperazine rings is 1. The van der Waals surface area contributed by atoms with E-state index in [0.29, 0.717) is 5.92 Å². The summed E-state index contributed by atoms with van der Waals surface area (Å²) in [4.78, 5) is 16.8. The molecule has 1 saturated heterocycles. The van der Waals surface area contributed by atoms with Gasteiger partial charge in [0.15, 0.2) is 0 Å². The second kappa shape index (κ2) is 6.89. The topological polar surface area (TPSA) is 23.6 Å². The summed E-state index contributed by atoms with van der Waals surface area (Å²) < 4.78 is 0. The molecule has 0 aromatic heterocycles. The van der Waals surface area contributed by atoms with Crippen molar-refractivity contribution in [3.63, 3.8) is 0 Å². The quantitative estimate of drug-likeness (QED) is 0.842. The minimum atomic E-state index is 0.186. The van der Waals surface area contributed by atoms with Crippen LogP contribution in [0.25, 0.3) is 0 Å². The fraction of sp³-hybridized carbons (Fsp3) is 0.588. The lowest BCUT2D eigenvalue weighted by molar-refractivity contribution is 0.0664. The maximum absolute atomic E-state index is 12.6. The van der Waals surface area contributed by atoms with Gasteiger partial charge in [0.05, 0.1) is 0 Å². The predicted octanol–water partition coefficient (Wildman–Crippen LogP) is 2.98. The molecule has 1 fully saturated rings. The van der Waals surface area contributed by atoms with Crippen molar-refractivity contribution in [2.75, 3.05) is 33.2 Å². The summed E-state index contributed by atoms with van der Waals surface area (Å²) in [7, 11) is 2.11. The number of hydrogen-bond acceptors (Lipinski definition) is 2. The molecule has 1 amide bonds. The van der Waals surface area contributed by atoms with Crippen LogP contribution in [-0.2, 0) is 0 Å². The number of hydrogen-bond donors (Lipinski definition) is 0. The lowest BCUT2D eigenvalue weighted by atomic mass is 9.92. The third-order valence-electron chi connectivity index (χ3n) is 4.38. The zero-order valence-corrected chi connectivity index (χ0v) is 12.9. The fourth-order valence-electron chi connectivity index (χ4n) is 2.88. The van der Waals surface area contributed by atoms with Crippen molar-refractivity contribution in [2.45, 2.75) is 32.6 Å². The van der Waals surface area contributed by atoms with E-state index in [2.05, 4.69) is 37.9 Å². The largest absolute Gasteiger partial charge is 0.336 e. The van der Waals surface area contributed by atoms with E-state index in [0.717, 1.165) is 44.6 Å². The highest BCUT2D eigenvalue weighted by Crippen LogP contribution is 2.24. The van der Waals surface area contributed by atoms with Crippen LogP contribution in [0.1, 0.15) is 48.5 Å². The molecule has 1 heterocycles. The van der Waals surface area contributed by atoms with Gasteiger partial charge in [0, 0.05) is 31.7 Å². The minimum Gasteiger partial charge on any atom is -0.336 e. The average molecular weight is 274 g/mol. The van der Waals surface area contributed by atoms with E-state index >= 15 is 0 Å². The molecule has 0 N–H and O–H groups in total. The lowest BCUT2D eigenvalue weighted by Crippen LogP contribution is -2.47. The molecule has 1 aromatic carbocycles. The van der Waals surface area contributed by atoms with Gasteiger partial charge in [0.1, 0.15) is 0 Å². The third kappa shape index (κ3) is 3.40. The van der Waals surface area contributed by atoms with Crippen molar-refractivity contribution in [1.29, 1.82) is 0 Å². The Morgan fingerprint density at radius 1 is 1.15 bits per heavy atom. The average Bonchev–Trinajstić information content (AvgIpc) is 2.49. The van der Waals surface area contributed by atoms with Crippen LogP contribution in [0.5, 0.6) is 0 Å². The summed E-state index contributed by atoms with van der Waals surface area (Å²) >= 11 is 0. The first-order valence-corrected chi connectivity index (χ1v) is 7.73. The van der Waals surface area contributed by atoms with E-state index in [1.54, 1.807) is 0 Å². The van der Waals surface area contributed by atoms with Crippen LogP contribution in [0.2, 0.25) is 0 Å². The molecule has 3 heteroatoms. The number of carbonyl (C=O) groups excluding carboxylic acids is 1. The molecule has 0 atom stereocenters. The molecule has 2 rings (SSSR count). The van der Waals surface area contributed by atoms with Gasteiger partial charge < -0.3 is 9.80 Å². The molecule has 0 saturated carbocycles. The van der Waals surface area contributed by atoms with Crippen LogP contribution in [0.15, 0.2) is 24.3 Å². The molecule has 0 aliphatic carbocycles. The number of amides is 1. The Kier molecular flexibility index (Phi) is 5.18. The first kappa shape index (κ1) is 15.0. The van der Waals surface area contributed by atoms with Gasteiger partial charge in [-0.25, -0.2) is 0 Å². The maximum atomic E-state index is 12.6. The highest BCUT2D eigenvalue weighted by Gasteiger charge is 2.20. The second-order valence-electron chi connectivity index (χ2n) is 5.73. The van der Waals surface area contributed by atoms with Crippen LogP contribution < -0.4 is 0 Å². The van der Waals surface area contributed by atoms with E-state index in [1.807, 2.05) is 17.0 Å². The number of nitrogens with zero attached hydrogens (tertiary/aromatic N) is 2. The van der Waals surface area contributed by atoms with Crippen molar-refractivity contribution >= 4 is 5.91 Å². The van der Waals surface area contributed by atoms with Crippen molar-refractivity contribution < 1.29 is 4.79 Å². The standard InChI is InChI=1S/C17H26N2O/c1-4-14(5-2)15-7-6-8-16(13-15)17(20)19-11-9-18(3)10-12-19/h6-8,13-14H,4-5,9-12H2,1-3H3. The summed E-state index contributed by atoms with van der Waals surface area (Å²) in [6.07, 6.45) is 2.26. The number of benzene rings is 1. The summed E-state index contributed by atoms with van der Waals surface area (Å²) in [5.41, 5.74) is 2.15. The van der Waals surface area contributed by atoms with E-state index in [-0.39, 0.29) is 5.91 Å². The van der Waals surface area contributed by atoms with Crippen LogP contribution in [0, 0.1) is 0 Å². The molecule has 20 heavy (non-hydrogen) atoms. The van der Waals surface area contributed by atoms with Crippen LogP contribution in [0.4, 0.5) is 0 Å². The molecule has 3 nitrogen and oxygen atoms in total. The molecule has 110 valence electrons. The molecule has 0 unspecified atom stereocenters. The normalized spacial score (nSPS) is 16.7. The fourth-order valence-corrected chi connectivity index (χ4v) is 2.88. The Balaban J connectivity index is 2.12. The summed E-state index contributed by atoms with van der Waals surface area (Å²) in [6, 6.07) is 8.22. The van der Waals surface area contributed by atoms with E-state index in [9.17, 15) is 4.79 Å². The van der Waals surface area contributed by atoms with Gasteiger partial charge in [0.25, 0.3) is 5.91 Å². The van der Waals surface area contributed by atoms with Crippen molar-refractivity contribution in [3.05, 3.63) is 35.4 Å². The molecule has 1 aliphatic heterocycles. The van der Waals surface area contributed by atoms with Crippen molar-refractivity contribution in [1.82, 2.24) is 9.80 Å². The molecular formula is C17H26N2O. The van der Waals surface area contributed by atoms with E-state index < -0.39 is 0 Å². The van der Waals surface area contributed by atoms with Crippen LogP contribution in [-0.4, -0.2) is 48.9 Å². The molecule has 0 radical (unpaired) electrons. The van der Waals surface area contributed by atoms with Gasteiger partial charge in [-0.1, -0.05) is 26.0 Å². The monoisotopic (exact) mass is 274 g/mol. The highest BCUT2D eigenvalue weighted by atomic mass is 16.2. The van der Waals surface area contributed by atoms with Gasteiger partial charge in [-0.3, -0.25) is 4.79 Å². The van der Waals surface area contributed by atoms with Gasteiger partial charge in [-0.2, -0.15) is 0 Å². The van der Waals surface area contributed by atoms with Gasteiger partial charge in [-0.05, 0) is 43.5 Å². The maximum Gasteiger partial charge on any atom is 0.253 e. The summed E-state index contributed by atoms with van der Waals surface area (Å²) in [5, 5.41) is 0. The van der Waals surface area contributed by atoms with Gasteiger partial charge in [-0.15, -0.1) is 0 Å². The van der Waals surface area contributed by atoms with E-state index in [1.165, 1.54) is 5.56 Å². The molecule has 1 aromatic rings. The molecule has 0 spiro atoms. The molecule has 0 bridgehead atoms. The third-order valence-corrected chi connectivity index (χ3v) is 4.38. The lowest BCUT2D eigenvalue weighted by Gasteiger charge is -2.32. The molecule has 1 aliphatic rings. The highest BCUT2D eigenvalue weighted by molar-refractivity contribution is 5.94. The second-order valence-corrected chi connectivity index (χ2v) is 5.73. The van der Waals surface area contributed by atoms with E-state index in [4.69, 9.17) is 0 Å². The van der Waals surface area contributed by atoms with Crippen LogP contribution in [0.3, 0.4) is 0 Å². The minimum absolute atomic E-state index is 0.186. The summed E-state index contributed by atoms with van der Waals surface area (Å²) in [5.74, 6) is 0.751. The van der Waals surface area contributed by atoms with Crippen molar-refractivity contribution in [2.24, 2.45) is 0 Å². The Bertz CT molecular complexity index is 446. The predicted molar refractivity (Wildman–Crippen MR) is 83.2 cm³/mol.